The van der Waals surface area contributed by atoms with Crippen molar-refractivity contribution in [2.75, 3.05) is 19.6 Å². The predicted octanol–water partition coefficient (Wildman–Crippen LogP) is 2.83. The number of aryl methyl sites for hydroxylation is 2. The molecule has 0 aliphatic carbocycles. The average molecular weight is 285 g/mol. The molecule has 0 unspecified atom stereocenters. The Morgan fingerprint density at radius 1 is 1.29 bits per heavy atom. The normalized spacial score (nSPS) is 14.9. The van der Waals surface area contributed by atoms with Crippen LogP contribution >= 0.6 is 0 Å². The summed E-state index contributed by atoms with van der Waals surface area (Å²) in [6, 6.07) is 6.49. The largest absolute Gasteiger partial charge is 0.350 e. The van der Waals surface area contributed by atoms with Crippen molar-refractivity contribution in [2.24, 2.45) is 7.05 Å². The van der Waals surface area contributed by atoms with Crippen molar-refractivity contribution in [3.8, 4) is 0 Å². The standard InChI is InChI=1S/C17H23N3O/c1-13-6-5-7-15-14(12-19(2)16(13)15)8-9-18-17(21)20-10-3-4-11-20/h5-7,12H,3-4,8-11H2,1-2H3,(H,18,21). The number of urea groups is 1. The summed E-state index contributed by atoms with van der Waals surface area (Å²) in [5.41, 5.74) is 3.89. The molecule has 2 aromatic rings. The van der Waals surface area contributed by atoms with Crippen LogP contribution in [0.4, 0.5) is 4.79 Å². The first-order valence-electron chi connectivity index (χ1n) is 7.73. The Morgan fingerprint density at radius 3 is 2.81 bits per heavy atom. The number of benzene rings is 1. The lowest BCUT2D eigenvalue weighted by Crippen LogP contribution is -2.38. The van der Waals surface area contributed by atoms with Gasteiger partial charge < -0.3 is 14.8 Å². The smallest absolute Gasteiger partial charge is 0.317 e. The highest BCUT2D eigenvalue weighted by molar-refractivity contribution is 5.86. The van der Waals surface area contributed by atoms with E-state index in [1.54, 1.807) is 0 Å². The van der Waals surface area contributed by atoms with Gasteiger partial charge in [0.05, 0.1) is 5.52 Å². The minimum atomic E-state index is 0.0870. The fourth-order valence-electron chi connectivity index (χ4n) is 3.29. The number of carbonyl (C=O) groups excluding carboxylic acids is 1. The van der Waals surface area contributed by atoms with E-state index < -0.39 is 0 Å². The Bertz CT molecular complexity index is 653. The van der Waals surface area contributed by atoms with Crippen LogP contribution in [0.5, 0.6) is 0 Å². The van der Waals surface area contributed by atoms with Crippen molar-refractivity contribution in [3.63, 3.8) is 0 Å². The lowest BCUT2D eigenvalue weighted by molar-refractivity contribution is 0.209. The molecule has 1 aromatic heterocycles. The van der Waals surface area contributed by atoms with E-state index in [0.717, 1.165) is 32.4 Å². The second-order valence-electron chi connectivity index (χ2n) is 5.91. The predicted molar refractivity (Wildman–Crippen MR) is 85.6 cm³/mol. The number of para-hydroxylation sites is 1. The molecule has 1 fully saturated rings. The van der Waals surface area contributed by atoms with Crippen molar-refractivity contribution in [3.05, 3.63) is 35.5 Å². The Labute approximate surface area is 125 Å². The van der Waals surface area contributed by atoms with Gasteiger partial charge in [0.1, 0.15) is 0 Å². The highest BCUT2D eigenvalue weighted by atomic mass is 16.2. The molecule has 2 amide bonds. The van der Waals surface area contributed by atoms with E-state index in [9.17, 15) is 4.79 Å². The van der Waals surface area contributed by atoms with Crippen LogP contribution < -0.4 is 5.32 Å². The van der Waals surface area contributed by atoms with Crippen LogP contribution in [-0.2, 0) is 13.5 Å². The number of aromatic nitrogens is 1. The van der Waals surface area contributed by atoms with Crippen molar-refractivity contribution in [1.82, 2.24) is 14.8 Å². The van der Waals surface area contributed by atoms with E-state index in [0.29, 0.717) is 6.54 Å². The zero-order chi connectivity index (χ0) is 14.8. The van der Waals surface area contributed by atoms with Crippen LogP contribution in [0.15, 0.2) is 24.4 Å². The molecule has 0 saturated carbocycles. The molecule has 4 heteroatoms. The molecule has 21 heavy (non-hydrogen) atoms. The number of nitrogens with one attached hydrogen (secondary N) is 1. The second kappa shape index (κ2) is 5.80. The van der Waals surface area contributed by atoms with Crippen LogP contribution in [0.3, 0.4) is 0 Å². The number of fused-ring (bicyclic) bond motifs is 1. The fourth-order valence-corrected chi connectivity index (χ4v) is 3.29. The Morgan fingerprint density at radius 2 is 2.05 bits per heavy atom. The molecular weight excluding hydrogens is 262 g/mol. The van der Waals surface area contributed by atoms with Crippen LogP contribution in [0, 0.1) is 6.92 Å². The molecule has 112 valence electrons. The van der Waals surface area contributed by atoms with Gasteiger partial charge in [-0.1, -0.05) is 18.2 Å². The molecule has 4 nitrogen and oxygen atoms in total. The topological polar surface area (TPSA) is 37.3 Å². The molecular formula is C17H23N3O. The quantitative estimate of drug-likeness (QED) is 0.925. The third kappa shape index (κ3) is 2.75. The number of carbonyl (C=O) groups is 1. The summed E-state index contributed by atoms with van der Waals surface area (Å²) in [5.74, 6) is 0. The van der Waals surface area contributed by atoms with Gasteiger partial charge in [-0.05, 0) is 37.3 Å². The summed E-state index contributed by atoms with van der Waals surface area (Å²) in [6.07, 6.45) is 5.33. The molecule has 0 atom stereocenters. The SMILES string of the molecule is Cc1cccc2c(CCNC(=O)N3CCCC3)cn(C)c12. The number of rotatable bonds is 3. The van der Waals surface area contributed by atoms with Crippen molar-refractivity contribution >= 4 is 16.9 Å². The van der Waals surface area contributed by atoms with Crippen LogP contribution in [0.1, 0.15) is 24.0 Å². The zero-order valence-corrected chi connectivity index (χ0v) is 12.9. The van der Waals surface area contributed by atoms with Crippen LogP contribution in [0.25, 0.3) is 10.9 Å². The van der Waals surface area contributed by atoms with Gasteiger partial charge in [0, 0.05) is 38.3 Å². The molecule has 1 aromatic carbocycles. The van der Waals surface area contributed by atoms with E-state index in [2.05, 4.69) is 48.3 Å². The van der Waals surface area contributed by atoms with Gasteiger partial charge in [-0.15, -0.1) is 0 Å². The minimum absolute atomic E-state index is 0.0870. The molecule has 1 aliphatic heterocycles. The first-order chi connectivity index (χ1) is 10.2. The van der Waals surface area contributed by atoms with E-state index in [4.69, 9.17) is 0 Å². The Balaban J connectivity index is 1.66. The van der Waals surface area contributed by atoms with Gasteiger partial charge >= 0.3 is 6.03 Å². The van der Waals surface area contributed by atoms with Gasteiger partial charge in [0.15, 0.2) is 0 Å². The summed E-state index contributed by atoms with van der Waals surface area (Å²) >= 11 is 0. The maximum absolute atomic E-state index is 12.0. The molecule has 1 saturated heterocycles. The molecule has 3 rings (SSSR count). The van der Waals surface area contributed by atoms with Gasteiger partial charge in [-0.3, -0.25) is 0 Å². The maximum Gasteiger partial charge on any atom is 0.317 e. The first kappa shape index (κ1) is 14.0. The maximum atomic E-state index is 12.0. The second-order valence-corrected chi connectivity index (χ2v) is 5.91. The van der Waals surface area contributed by atoms with E-state index >= 15 is 0 Å². The minimum Gasteiger partial charge on any atom is -0.350 e. The summed E-state index contributed by atoms with van der Waals surface area (Å²) in [4.78, 5) is 13.9. The third-order valence-corrected chi connectivity index (χ3v) is 4.35. The summed E-state index contributed by atoms with van der Waals surface area (Å²) in [6.45, 7) is 4.64. The van der Waals surface area contributed by atoms with Crippen molar-refractivity contribution < 1.29 is 4.79 Å². The van der Waals surface area contributed by atoms with E-state index in [-0.39, 0.29) is 6.03 Å². The van der Waals surface area contributed by atoms with Crippen molar-refractivity contribution in [1.29, 1.82) is 0 Å². The molecule has 0 bridgehead atoms. The highest BCUT2D eigenvalue weighted by Crippen LogP contribution is 2.23. The summed E-state index contributed by atoms with van der Waals surface area (Å²) in [5, 5.41) is 4.34. The summed E-state index contributed by atoms with van der Waals surface area (Å²) < 4.78 is 2.18. The number of amides is 2. The lowest BCUT2D eigenvalue weighted by Gasteiger charge is -2.15. The molecule has 2 heterocycles. The van der Waals surface area contributed by atoms with Crippen LogP contribution in [0.2, 0.25) is 0 Å². The monoisotopic (exact) mass is 285 g/mol. The number of hydrogen-bond acceptors (Lipinski definition) is 1. The molecule has 0 radical (unpaired) electrons. The fraction of sp³-hybridized carbons (Fsp3) is 0.471. The molecule has 1 N–H and O–H groups in total. The molecule has 0 spiro atoms. The average Bonchev–Trinajstić information content (AvgIpc) is 3.08. The number of hydrogen-bond donors (Lipinski definition) is 1. The Kier molecular flexibility index (Phi) is 3.86. The third-order valence-electron chi connectivity index (χ3n) is 4.35. The van der Waals surface area contributed by atoms with Gasteiger partial charge in [-0.25, -0.2) is 4.79 Å². The number of likely N-dealkylation sites (tertiary alicyclic amines) is 1. The van der Waals surface area contributed by atoms with Gasteiger partial charge in [-0.2, -0.15) is 0 Å². The zero-order valence-electron chi connectivity index (χ0n) is 12.9. The first-order valence-corrected chi connectivity index (χ1v) is 7.73. The van der Waals surface area contributed by atoms with Gasteiger partial charge in [0.25, 0.3) is 0 Å². The van der Waals surface area contributed by atoms with Crippen molar-refractivity contribution in [2.45, 2.75) is 26.2 Å². The summed E-state index contributed by atoms with van der Waals surface area (Å²) in [7, 11) is 2.08. The lowest BCUT2D eigenvalue weighted by atomic mass is 10.1. The molecule has 1 aliphatic rings. The Hall–Kier alpha value is -1.97. The highest BCUT2D eigenvalue weighted by Gasteiger charge is 2.17. The van der Waals surface area contributed by atoms with Crippen LogP contribution in [-0.4, -0.2) is 35.1 Å². The van der Waals surface area contributed by atoms with Gasteiger partial charge in [0.2, 0.25) is 0 Å². The van der Waals surface area contributed by atoms with E-state index in [1.807, 2.05) is 4.90 Å². The van der Waals surface area contributed by atoms with E-state index in [1.165, 1.54) is 22.0 Å². The number of nitrogens with zero attached hydrogens (tertiary/aromatic N) is 2.